The van der Waals surface area contributed by atoms with Gasteiger partial charge in [0.2, 0.25) is 0 Å². The first-order valence-corrected chi connectivity index (χ1v) is 7.39. The average Bonchev–Trinajstić information content (AvgIpc) is 2.89. The lowest BCUT2D eigenvalue weighted by molar-refractivity contribution is 0.368. The van der Waals surface area contributed by atoms with Crippen LogP contribution in [-0.2, 0) is 6.54 Å². The normalized spacial score (nSPS) is 11.8. The van der Waals surface area contributed by atoms with E-state index in [2.05, 4.69) is 31.3 Å². The molecule has 104 valence electrons. The molecule has 0 aliphatic heterocycles. The molecule has 3 nitrogen and oxygen atoms in total. The number of nitrogens with zero attached hydrogens (tertiary/aromatic N) is 1. The minimum Gasteiger partial charge on any atom is -0.479 e. The fourth-order valence-electron chi connectivity index (χ4n) is 1.92. The number of thiophene rings is 1. The smallest absolute Gasteiger partial charge is 0.174 e. The molecule has 1 N–H and O–H groups in total. The summed E-state index contributed by atoms with van der Waals surface area (Å²) in [6, 6.07) is 14.4. The van der Waals surface area contributed by atoms with Crippen molar-refractivity contribution in [1.29, 1.82) is 5.26 Å². The summed E-state index contributed by atoms with van der Waals surface area (Å²) >= 11 is 1.82. The highest BCUT2D eigenvalue weighted by molar-refractivity contribution is 7.11. The predicted octanol–water partition coefficient (Wildman–Crippen LogP) is 3.81. The van der Waals surface area contributed by atoms with Gasteiger partial charge in [0.05, 0.1) is 0 Å². The van der Waals surface area contributed by atoms with Crippen LogP contribution in [0.1, 0.15) is 28.3 Å². The Balaban J connectivity index is 1.88. The van der Waals surface area contributed by atoms with E-state index in [0.29, 0.717) is 0 Å². The summed E-state index contributed by atoms with van der Waals surface area (Å²) in [5, 5.41) is 12.0. The Labute approximate surface area is 123 Å². The van der Waals surface area contributed by atoms with Crippen LogP contribution >= 0.6 is 11.3 Å². The second kappa shape index (κ2) is 7.09. The lowest BCUT2D eigenvalue weighted by Crippen LogP contribution is -2.17. The lowest BCUT2D eigenvalue weighted by atomic mass is 10.1. The number of ether oxygens (including phenoxy) is 1. The molecule has 4 heteroatoms. The Bertz CT molecular complexity index is 583. The molecule has 2 aromatic rings. The quantitative estimate of drug-likeness (QED) is 0.878. The van der Waals surface area contributed by atoms with Crippen molar-refractivity contribution in [3.05, 3.63) is 51.7 Å². The van der Waals surface area contributed by atoms with Crippen LogP contribution in [-0.4, -0.2) is 6.61 Å². The van der Waals surface area contributed by atoms with Crippen molar-refractivity contribution in [3.63, 3.8) is 0 Å². The number of benzene rings is 1. The second-order valence-electron chi connectivity index (χ2n) is 4.63. The Kier molecular flexibility index (Phi) is 5.16. The zero-order valence-corrected chi connectivity index (χ0v) is 12.5. The van der Waals surface area contributed by atoms with E-state index in [4.69, 9.17) is 10.00 Å². The number of hydrogen-bond acceptors (Lipinski definition) is 4. The van der Waals surface area contributed by atoms with Gasteiger partial charge in [0, 0.05) is 22.3 Å². The Hall–Kier alpha value is -1.83. The van der Waals surface area contributed by atoms with Gasteiger partial charge in [-0.2, -0.15) is 5.26 Å². The maximum Gasteiger partial charge on any atom is 0.174 e. The van der Waals surface area contributed by atoms with Crippen LogP contribution in [0.15, 0.2) is 36.4 Å². The van der Waals surface area contributed by atoms with Crippen molar-refractivity contribution in [1.82, 2.24) is 5.32 Å². The van der Waals surface area contributed by atoms with Crippen LogP contribution in [0.3, 0.4) is 0 Å². The van der Waals surface area contributed by atoms with Gasteiger partial charge in [-0.05, 0) is 43.7 Å². The SMILES string of the molecule is Cc1ccc(CNC(C)c2ccc(OCC#N)cc2)s1. The molecule has 0 spiro atoms. The second-order valence-corrected chi connectivity index (χ2v) is 6.00. The van der Waals surface area contributed by atoms with E-state index < -0.39 is 0 Å². The molecule has 0 bridgehead atoms. The van der Waals surface area contributed by atoms with Crippen LogP contribution in [0.4, 0.5) is 0 Å². The predicted molar refractivity (Wildman–Crippen MR) is 81.9 cm³/mol. The lowest BCUT2D eigenvalue weighted by Gasteiger charge is -2.14. The molecule has 1 unspecified atom stereocenters. The molecule has 0 fully saturated rings. The molecule has 1 heterocycles. The topological polar surface area (TPSA) is 45.0 Å². The van der Waals surface area contributed by atoms with E-state index in [1.165, 1.54) is 15.3 Å². The third-order valence-corrected chi connectivity index (χ3v) is 4.06. The summed E-state index contributed by atoms with van der Waals surface area (Å²) in [6.07, 6.45) is 0. The highest BCUT2D eigenvalue weighted by Crippen LogP contribution is 2.19. The Morgan fingerprint density at radius 3 is 2.60 bits per heavy atom. The molecular weight excluding hydrogens is 268 g/mol. The minimum atomic E-state index is 0.0882. The van der Waals surface area contributed by atoms with Gasteiger partial charge >= 0.3 is 0 Å². The molecule has 0 radical (unpaired) electrons. The van der Waals surface area contributed by atoms with Crippen molar-refractivity contribution in [2.45, 2.75) is 26.4 Å². The molecule has 0 saturated heterocycles. The largest absolute Gasteiger partial charge is 0.479 e. The van der Waals surface area contributed by atoms with Crippen LogP contribution in [0, 0.1) is 18.3 Å². The maximum absolute atomic E-state index is 8.47. The molecule has 2 rings (SSSR count). The summed E-state index contributed by atoms with van der Waals surface area (Å²) in [6.45, 7) is 5.24. The summed E-state index contributed by atoms with van der Waals surface area (Å²) in [5.41, 5.74) is 1.21. The highest BCUT2D eigenvalue weighted by atomic mass is 32.1. The van der Waals surface area contributed by atoms with E-state index in [9.17, 15) is 0 Å². The van der Waals surface area contributed by atoms with Crippen LogP contribution in [0.25, 0.3) is 0 Å². The maximum atomic E-state index is 8.47. The summed E-state index contributed by atoms with van der Waals surface area (Å²) in [4.78, 5) is 2.69. The van der Waals surface area contributed by atoms with E-state index in [-0.39, 0.29) is 12.6 Å². The van der Waals surface area contributed by atoms with E-state index in [0.717, 1.165) is 12.3 Å². The monoisotopic (exact) mass is 286 g/mol. The Morgan fingerprint density at radius 2 is 2.00 bits per heavy atom. The first-order valence-electron chi connectivity index (χ1n) is 6.57. The first kappa shape index (κ1) is 14.6. The fraction of sp³-hybridized carbons (Fsp3) is 0.312. The van der Waals surface area contributed by atoms with E-state index in [1.807, 2.05) is 41.7 Å². The fourth-order valence-corrected chi connectivity index (χ4v) is 2.76. The van der Waals surface area contributed by atoms with Crippen LogP contribution in [0.5, 0.6) is 5.75 Å². The van der Waals surface area contributed by atoms with Crippen molar-refractivity contribution in [2.24, 2.45) is 0 Å². The molecule has 0 saturated carbocycles. The standard InChI is InChI=1S/C16H18N2OS/c1-12-3-8-16(20-12)11-18-13(2)14-4-6-15(7-5-14)19-10-9-17/h3-8,13,18H,10-11H2,1-2H3. The first-order chi connectivity index (χ1) is 9.69. The summed E-state index contributed by atoms with van der Waals surface area (Å²) in [5.74, 6) is 0.733. The molecule has 1 aromatic heterocycles. The van der Waals surface area contributed by atoms with Crippen molar-refractivity contribution >= 4 is 11.3 Å². The van der Waals surface area contributed by atoms with E-state index >= 15 is 0 Å². The van der Waals surface area contributed by atoms with E-state index in [1.54, 1.807) is 0 Å². The zero-order chi connectivity index (χ0) is 14.4. The number of rotatable bonds is 6. The molecular formula is C16H18N2OS. The van der Waals surface area contributed by atoms with Crippen LogP contribution < -0.4 is 10.1 Å². The number of aryl methyl sites for hydroxylation is 1. The molecule has 0 aliphatic carbocycles. The third-order valence-electron chi connectivity index (χ3n) is 3.06. The molecule has 0 aliphatic rings. The number of nitrogens with one attached hydrogen (secondary N) is 1. The van der Waals surface area contributed by atoms with Gasteiger partial charge < -0.3 is 10.1 Å². The average molecular weight is 286 g/mol. The van der Waals surface area contributed by atoms with Crippen molar-refractivity contribution in [3.8, 4) is 11.8 Å². The van der Waals surface area contributed by atoms with Gasteiger partial charge in [0.25, 0.3) is 0 Å². The molecule has 1 aromatic carbocycles. The third kappa shape index (κ3) is 4.09. The summed E-state index contributed by atoms with van der Waals surface area (Å²) in [7, 11) is 0. The minimum absolute atomic E-state index is 0.0882. The molecule has 1 atom stereocenters. The van der Waals surface area contributed by atoms with Gasteiger partial charge in [-0.15, -0.1) is 11.3 Å². The zero-order valence-electron chi connectivity index (χ0n) is 11.7. The van der Waals surface area contributed by atoms with Crippen molar-refractivity contribution < 1.29 is 4.74 Å². The number of nitriles is 1. The number of hydrogen-bond donors (Lipinski definition) is 1. The van der Waals surface area contributed by atoms with Gasteiger partial charge in [-0.25, -0.2) is 0 Å². The van der Waals surface area contributed by atoms with Crippen molar-refractivity contribution in [2.75, 3.05) is 6.61 Å². The van der Waals surface area contributed by atoms with Gasteiger partial charge in [0.15, 0.2) is 6.61 Å². The van der Waals surface area contributed by atoms with Gasteiger partial charge in [0.1, 0.15) is 11.8 Å². The van der Waals surface area contributed by atoms with Crippen LogP contribution in [0.2, 0.25) is 0 Å². The van der Waals surface area contributed by atoms with Gasteiger partial charge in [-0.3, -0.25) is 0 Å². The Morgan fingerprint density at radius 1 is 1.25 bits per heavy atom. The molecule has 20 heavy (non-hydrogen) atoms. The van der Waals surface area contributed by atoms with Gasteiger partial charge in [-0.1, -0.05) is 12.1 Å². The molecule has 0 amide bonds. The highest BCUT2D eigenvalue weighted by Gasteiger charge is 2.06. The summed E-state index contributed by atoms with van der Waals surface area (Å²) < 4.78 is 5.24.